The Labute approximate surface area is 150 Å². The summed E-state index contributed by atoms with van der Waals surface area (Å²) in [6.07, 6.45) is 1.09. The zero-order valence-corrected chi connectivity index (χ0v) is 14.8. The minimum Gasteiger partial charge on any atom is -0.489 e. The number of carbonyl (C=O) groups excluding carboxylic acids is 1. The number of ether oxygens (including phenoxy) is 1. The van der Waals surface area contributed by atoms with Gasteiger partial charge >= 0.3 is 0 Å². The lowest BCUT2D eigenvalue weighted by Gasteiger charge is -2.11. The summed E-state index contributed by atoms with van der Waals surface area (Å²) < 4.78 is 5.75. The number of rotatable bonds is 9. The molecule has 0 saturated carbocycles. The molecule has 24 heavy (non-hydrogen) atoms. The topological polar surface area (TPSA) is 50.4 Å². The molecule has 0 radical (unpaired) electrons. The maximum absolute atomic E-state index is 12.3. The van der Waals surface area contributed by atoms with E-state index >= 15 is 0 Å². The molecule has 0 bridgehead atoms. The molecule has 0 atom stereocenters. The molecule has 0 saturated heterocycles. The summed E-state index contributed by atoms with van der Waals surface area (Å²) in [5.74, 6) is 0.738. The molecule has 0 aliphatic rings. The number of para-hydroxylation sites is 1. The van der Waals surface area contributed by atoms with Crippen molar-refractivity contribution in [2.45, 2.75) is 20.0 Å². The van der Waals surface area contributed by atoms with Gasteiger partial charge in [-0.3, -0.25) is 4.79 Å². The SMILES string of the molecule is CCCNCCNC(=O)c1ccccc1COc1ccccc1.Cl. The molecule has 0 aromatic heterocycles. The largest absolute Gasteiger partial charge is 0.489 e. The lowest BCUT2D eigenvalue weighted by Crippen LogP contribution is -2.32. The van der Waals surface area contributed by atoms with Crippen molar-refractivity contribution in [3.63, 3.8) is 0 Å². The highest BCUT2D eigenvalue weighted by atomic mass is 35.5. The summed E-state index contributed by atoms with van der Waals surface area (Å²) in [5.41, 5.74) is 1.55. The third-order valence-corrected chi connectivity index (χ3v) is 3.41. The van der Waals surface area contributed by atoms with Crippen molar-refractivity contribution in [2.24, 2.45) is 0 Å². The van der Waals surface area contributed by atoms with Crippen LogP contribution in [-0.2, 0) is 6.61 Å². The van der Waals surface area contributed by atoms with E-state index in [-0.39, 0.29) is 18.3 Å². The van der Waals surface area contributed by atoms with Crippen molar-refractivity contribution in [3.05, 3.63) is 65.7 Å². The molecule has 0 aliphatic carbocycles. The van der Waals surface area contributed by atoms with Crippen molar-refractivity contribution in [3.8, 4) is 5.75 Å². The molecule has 0 spiro atoms. The second kappa shape index (κ2) is 11.5. The fraction of sp³-hybridized carbons (Fsp3) is 0.316. The van der Waals surface area contributed by atoms with Crippen LogP contribution in [0, 0.1) is 0 Å². The summed E-state index contributed by atoms with van der Waals surface area (Å²) in [7, 11) is 0. The summed E-state index contributed by atoms with van der Waals surface area (Å²) >= 11 is 0. The Bertz CT molecular complexity index is 605. The van der Waals surface area contributed by atoms with Gasteiger partial charge in [0.05, 0.1) is 0 Å². The first-order valence-electron chi connectivity index (χ1n) is 8.06. The van der Waals surface area contributed by atoms with Crippen molar-refractivity contribution in [1.82, 2.24) is 10.6 Å². The summed E-state index contributed by atoms with van der Waals surface area (Å²) in [5, 5.41) is 6.20. The predicted molar refractivity (Wildman–Crippen MR) is 100.0 cm³/mol. The van der Waals surface area contributed by atoms with Gasteiger partial charge in [-0.15, -0.1) is 12.4 Å². The molecule has 0 unspecified atom stereocenters. The monoisotopic (exact) mass is 348 g/mol. The zero-order valence-electron chi connectivity index (χ0n) is 14.0. The van der Waals surface area contributed by atoms with Crippen LogP contribution in [-0.4, -0.2) is 25.5 Å². The number of halogens is 1. The van der Waals surface area contributed by atoms with Gasteiger partial charge in [-0.05, 0) is 31.2 Å². The van der Waals surface area contributed by atoms with Crippen molar-refractivity contribution in [2.75, 3.05) is 19.6 Å². The number of nitrogens with one attached hydrogen (secondary N) is 2. The van der Waals surface area contributed by atoms with Gasteiger partial charge in [-0.25, -0.2) is 0 Å². The van der Waals surface area contributed by atoms with E-state index in [1.807, 2.05) is 54.6 Å². The van der Waals surface area contributed by atoms with Crippen LogP contribution in [0.15, 0.2) is 54.6 Å². The molecule has 0 heterocycles. The van der Waals surface area contributed by atoms with Crippen LogP contribution in [0.1, 0.15) is 29.3 Å². The molecule has 2 N–H and O–H groups in total. The average Bonchev–Trinajstić information content (AvgIpc) is 2.61. The van der Waals surface area contributed by atoms with Crippen LogP contribution in [0.3, 0.4) is 0 Å². The van der Waals surface area contributed by atoms with Gasteiger partial charge in [-0.1, -0.05) is 43.3 Å². The summed E-state index contributed by atoms with van der Waals surface area (Å²) in [4.78, 5) is 12.3. The van der Waals surface area contributed by atoms with Crippen LogP contribution in [0.5, 0.6) is 5.75 Å². The number of hydrogen-bond acceptors (Lipinski definition) is 3. The molecular weight excluding hydrogens is 324 g/mol. The molecule has 0 fully saturated rings. The van der Waals surface area contributed by atoms with E-state index < -0.39 is 0 Å². The minimum absolute atomic E-state index is 0. The Hall–Kier alpha value is -2.04. The highest BCUT2D eigenvalue weighted by Gasteiger charge is 2.10. The van der Waals surface area contributed by atoms with Gasteiger partial charge < -0.3 is 15.4 Å². The van der Waals surface area contributed by atoms with E-state index in [4.69, 9.17) is 4.74 Å². The maximum Gasteiger partial charge on any atom is 0.251 e. The van der Waals surface area contributed by atoms with Gasteiger partial charge in [0.25, 0.3) is 5.91 Å². The number of hydrogen-bond donors (Lipinski definition) is 2. The number of benzene rings is 2. The van der Waals surface area contributed by atoms with Crippen LogP contribution < -0.4 is 15.4 Å². The smallest absolute Gasteiger partial charge is 0.251 e. The van der Waals surface area contributed by atoms with Crippen LogP contribution in [0.25, 0.3) is 0 Å². The summed E-state index contributed by atoms with van der Waals surface area (Å²) in [6, 6.07) is 17.2. The van der Waals surface area contributed by atoms with Crippen LogP contribution in [0.2, 0.25) is 0 Å². The average molecular weight is 349 g/mol. The Kier molecular flexibility index (Phi) is 9.58. The molecule has 2 aromatic rings. The molecule has 2 aromatic carbocycles. The van der Waals surface area contributed by atoms with E-state index in [9.17, 15) is 4.79 Å². The van der Waals surface area contributed by atoms with Crippen LogP contribution in [0.4, 0.5) is 0 Å². The summed E-state index contributed by atoms with van der Waals surface area (Å²) in [6.45, 7) is 4.86. The second-order valence-electron chi connectivity index (χ2n) is 5.26. The van der Waals surface area contributed by atoms with E-state index in [1.54, 1.807) is 0 Å². The molecule has 1 amide bonds. The molecular formula is C19H25ClN2O2. The standard InChI is InChI=1S/C19H24N2O2.ClH/c1-2-12-20-13-14-21-19(22)18-11-7-6-8-16(18)15-23-17-9-4-3-5-10-17;/h3-11,20H,2,12-15H2,1H3,(H,21,22);1H. The van der Waals surface area contributed by atoms with E-state index in [1.165, 1.54) is 0 Å². The highest BCUT2D eigenvalue weighted by molar-refractivity contribution is 5.95. The van der Waals surface area contributed by atoms with Gasteiger partial charge in [-0.2, -0.15) is 0 Å². The van der Waals surface area contributed by atoms with Gasteiger partial charge in [0.1, 0.15) is 12.4 Å². The minimum atomic E-state index is -0.0597. The number of carbonyl (C=O) groups is 1. The molecule has 130 valence electrons. The van der Waals surface area contributed by atoms with Crippen molar-refractivity contribution in [1.29, 1.82) is 0 Å². The fourth-order valence-corrected chi connectivity index (χ4v) is 2.21. The Morgan fingerprint density at radius 3 is 2.42 bits per heavy atom. The third-order valence-electron chi connectivity index (χ3n) is 3.41. The first-order valence-corrected chi connectivity index (χ1v) is 8.06. The van der Waals surface area contributed by atoms with E-state index in [0.29, 0.717) is 18.7 Å². The molecule has 5 heteroatoms. The third kappa shape index (κ3) is 6.60. The molecule has 4 nitrogen and oxygen atoms in total. The van der Waals surface area contributed by atoms with E-state index in [2.05, 4.69) is 17.6 Å². The first kappa shape index (κ1) is 20.0. The fourth-order valence-electron chi connectivity index (χ4n) is 2.21. The second-order valence-corrected chi connectivity index (χ2v) is 5.26. The highest BCUT2D eigenvalue weighted by Crippen LogP contribution is 2.14. The first-order chi connectivity index (χ1) is 11.3. The maximum atomic E-state index is 12.3. The normalized spacial score (nSPS) is 9.88. The van der Waals surface area contributed by atoms with Gasteiger partial charge in [0.2, 0.25) is 0 Å². The number of amides is 1. The van der Waals surface area contributed by atoms with Crippen molar-refractivity contribution >= 4 is 18.3 Å². The Morgan fingerprint density at radius 1 is 0.958 bits per heavy atom. The van der Waals surface area contributed by atoms with Crippen LogP contribution >= 0.6 is 12.4 Å². The van der Waals surface area contributed by atoms with Gasteiger partial charge in [0, 0.05) is 24.2 Å². The van der Waals surface area contributed by atoms with E-state index in [0.717, 1.165) is 30.8 Å². The van der Waals surface area contributed by atoms with Gasteiger partial charge in [0.15, 0.2) is 0 Å². The quantitative estimate of drug-likeness (QED) is 0.683. The zero-order chi connectivity index (χ0) is 16.3. The van der Waals surface area contributed by atoms with Crippen molar-refractivity contribution < 1.29 is 9.53 Å². The lowest BCUT2D eigenvalue weighted by molar-refractivity contribution is 0.0951. The molecule has 2 rings (SSSR count). The Morgan fingerprint density at radius 2 is 1.67 bits per heavy atom. The predicted octanol–water partition coefficient (Wildman–Crippen LogP) is 3.42. The molecule has 0 aliphatic heterocycles. The Balaban J connectivity index is 0.00000288. The lowest BCUT2D eigenvalue weighted by atomic mass is 10.1.